The van der Waals surface area contributed by atoms with Crippen molar-refractivity contribution >= 4 is 17.8 Å². The first-order valence-electron chi connectivity index (χ1n) is 6.19. The SMILES string of the molecule is O=C(NCCCCC(F)(F)F)NCC1(O)CCSC1. The lowest BCUT2D eigenvalue weighted by Crippen LogP contribution is -2.46. The molecule has 1 unspecified atom stereocenters. The third kappa shape index (κ3) is 7.51. The molecule has 1 saturated heterocycles. The first-order chi connectivity index (χ1) is 8.81. The number of carbonyl (C=O) groups is 1. The van der Waals surface area contributed by atoms with E-state index >= 15 is 0 Å². The third-order valence-corrected chi connectivity index (χ3v) is 4.07. The second-order valence-corrected chi connectivity index (χ2v) is 5.81. The maximum absolute atomic E-state index is 11.8. The van der Waals surface area contributed by atoms with Gasteiger partial charge in [0.2, 0.25) is 0 Å². The van der Waals surface area contributed by atoms with E-state index in [0.717, 1.165) is 5.75 Å². The van der Waals surface area contributed by atoms with E-state index in [1.54, 1.807) is 11.8 Å². The minimum atomic E-state index is -4.13. The fraction of sp³-hybridized carbons (Fsp3) is 0.909. The average Bonchev–Trinajstić information content (AvgIpc) is 2.72. The number of unbranched alkanes of at least 4 members (excludes halogenated alkanes) is 1. The number of nitrogens with one attached hydrogen (secondary N) is 2. The van der Waals surface area contributed by atoms with Crippen LogP contribution in [0.25, 0.3) is 0 Å². The van der Waals surface area contributed by atoms with Gasteiger partial charge in [-0.3, -0.25) is 0 Å². The fourth-order valence-electron chi connectivity index (χ4n) is 1.70. The van der Waals surface area contributed by atoms with Gasteiger partial charge in [-0.2, -0.15) is 24.9 Å². The lowest BCUT2D eigenvalue weighted by atomic mass is 10.0. The summed E-state index contributed by atoms with van der Waals surface area (Å²) in [5.74, 6) is 1.47. The summed E-state index contributed by atoms with van der Waals surface area (Å²) < 4.78 is 35.5. The molecule has 1 aliphatic heterocycles. The van der Waals surface area contributed by atoms with E-state index in [1.807, 2.05) is 0 Å². The molecule has 1 atom stereocenters. The van der Waals surface area contributed by atoms with Crippen molar-refractivity contribution in [1.82, 2.24) is 10.6 Å². The lowest BCUT2D eigenvalue weighted by molar-refractivity contribution is -0.135. The van der Waals surface area contributed by atoms with Crippen LogP contribution in [0.15, 0.2) is 0 Å². The molecule has 0 bridgehead atoms. The number of hydrogen-bond acceptors (Lipinski definition) is 3. The molecule has 2 amide bonds. The zero-order chi connectivity index (χ0) is 14.4. The molecule has 1 aliphatic rings. The van der Waals surface area contributed by atoms with Crippen LogP contribution in [0.1, 0.15) is 25.7 Å². The van der Waals surface area contributed by atoms with E-state index in [1.165, 1.54) is 0 Å². The third-order valence-electron chi connectivity index (χ3n) is 2.83. The summed E-state index contributed by atoms with van der Waals surface area (Å²) in [4.78, 5) is 11.3. The first kappa shape index (κ1) is 16.4. The van der Waals surface area contributed by atoms with Gasteiger partial charge in [0, 0.05) is 25.3 Å². The highest BCUT2D eigenvalue weighted by Gasteiger charge is 2.31. The second kappa shape index (κ2) is 7.23. The number of urea groups is 1. The van der Waals surface area contributed by atoms with E-state index in [2.05, 4.69) is 10.6 Å². The molecular weight excluding hydrogens is 281 g/mol. The quantitative estimate of drug-likeness (QED) is 0.656. The molecule has 1 fully saturated rings. The Morgan fingerprint density at radius 1 is 1.32 bits per heavy atom. The molecule has 112 valence electrons. The number of rotatable bonds is 6. The van der Waals surface area contributed by atoms with Crippen molar-refractivity contribution in [3.8, 4) is 0 Å². The van der Waals surface area contributed by atoms with E-state index in [-0.39, 0.29) is 25.9 Å². The molecule has 1 heterocycles. The van der Waals surface area contributed by atoms with Crippen molar-refractivity contribution in [3.05, 3.63) is 0 Å². The summed E-state index contributed by atoms with van der Waals surface area (Å²) in [7, 11) is 0. The molecule has 0 aromatic carbocycles. The van der Waals surface area contributed by atoms with Crippen LogP contribution >= 0.6 is 11.8 Å². The van der Waals surface area contributed by atoms with Crippen molar-refractivity contribution in [3.63, 3.8) is 0 Å². The highest BCUT2D eigenvalue weighted by atomic mass is 32.2. The summed E-state index contributed by atoms with van der Waals surface area (Å²) >= 11 is 1.63. The van der Waals surface area contributed by atoms with Gasteiger partial charge in [0.1, 0.15) is 0 Å². The zero-order valence-corrected chi connectivity index (χ0v) is 11.4. The highest BCUT2D eigenvalue weighted by Crippen LogP contribution is 2.26. The number of carbonyl (C=O) groups excluding carboxylic acids is 1. The van der Waals surface area contributed by atoms with Crippen molar-refractivity contribution in [2.75, 3.05) is 24.6 Å². The smallest absolute Gasteiger partial charge is 0.387 e. The molecule has 19 heavy (non-hydrogen) atoms. The molecule has 0 aromatic heterocycles. The van der Waals surface area contributed by atoms with Crippen LogP contribution in [0, 0.1) is 0 Å². The lowest BCUT2D eigenvalue weighted by Gasteiger charge is -2.21. The minimum absolute atomic E-state index is 0.00432. The second-order valence-electron chi connectivity index (χ2n) is 4.71. The van der Waals surface area contributed by atoms with Crippen LogP contribution < -0.4 is 10.6 Å². The standard InChI is InChI=1S/C11H19F3N2O2S/c12-11(13,14)3-1-2-5-15-9(17)16-7-10(18)4-6-19-8-10/h18H,1-8H2,(H2,15,16,17). The Labute approximate surface area is 114 Å². The number of halogens is 3. The Morgan fingerprint density at radius 2 is 2.05 bits per heavy atom. The van der Waals surface area contributed by atoms with Crippen LogP contribution in [0.4, 0.5) is 18.0 Å². The van der Waals surface area contributed by atoms with Gasteiger partial charge in [-0.05, 0) is 25.0 Å². The molecule has 0 spiro atoms. The molecule has 1 rings (SSSR count). The normalized spacial score (nSPS) is 23.4. The predicted molar refractivity (Wildman–Crippen MR) is 68.2 cm³/mol. The number of aliphatic hydroxyl groups is 1. The van der Waals surface area contributed by atoms with Crippen LogP contribution in [-0.2, 0) is 0 Å². The highest BCUT2D eigenvalue weighted by molar-refractivity contribution is 7.99. The monoisotopic (exact) mass is 300 g/mol. The topological polar surface area (TPSA) is 61.4 Å². The number of hydrogen-bond donors (Lipinski definition) is 3. The van der Waals surface area contributed by atoms with Crippen molar-refractivity contribution in [1.29, 1.82) is 0 Å². The molecule has 3 N–H and O–H groups in total. The number of alkyl halides is 3. The zero-order valence-electron chi connectivity index (χ0n) is 10.6. The van der Waals surface area contributed by atoms with Gasteiger partial charge in [0.25, 0.3) is 0 Å². The molecule has 0 saturated carbocycles. The van der Waals surface area contributed by atoms with E-state index < -0.39 is 24.2 Å². The van der Waals surface area contributed by atoms with Crippen LogP contribution in [0.5, 0.6) is 0 Å². The maximum atomic E-state index is 11.8. The van der Waals surface area contributed by atoms with E-state index in [4.69, 9.17) is 0 Å². The Kier molecular flexibility index (Phi) is 6.25. The fourth-order valence-corrected chi connectivity index (χ4v) is 2.99. The molecule has 0 radical (unpaired) electrons. The molecule has 0 aliphatic carbocycles. The Hall–Kier alpha value is -0.630. The van der Waals surface area contributed by atoms with E-state index in [0.29, 0.717) is 12.2 Å². The Bertz CT molecular complexity index is 294. The number of amides is 2. The van der Waals surface area contributed by atoms with Crippen LogP contribution in [-0.4, -0.2) is 47.5 Å². The van der Waals surface area contributed by atoms with Gasteiger partial charge < -0.3 is 15.7 Å². The van der Waals surface area contributed by atoms with Gasteiger partial charge in [0.15, 0.2) is 0 Å². The Morgan fingerprint density at radius 3 is 2.63 bits per heavy atom. The van der Waals surface area contributed by atoms with Crippen molar-refractivity contribution < 1.29 is 23.1 Å². The van der Waals surface area contributed by atoms with Gasteiger partial charge in [-0.25, -0.2) is 4.79 Å². The van der Waals surface area contributed by atoms with Gasteiger partial charge >= 0.3 is 12.2 Å². The summed E-state index contributed by atoms with van der Waals surface area (Å²) in [6.45, 7) is 0.378. The maximum Gasteiger partial charge on any atom is 0.389 e. The van der Waals surface area contributed by atoms with Crippen LogP contribution in [0.2, 0.25) is 0 Å². The molecule has 0 aromatic rings. The summed E-state index contributed by atoms with van der Waals surface area (Å²) in [5.41, 5.74) is -0.849. The van der Waals surface area contributed by atoms with Gasteiger partial charge in [-0.1, -0.05) is 0 Å². The van der Waals surface area contributed by atoms with Crippen molar-refractivity contribution in [2.45, 2.75) is 37.5 Å². The van der Waals surface area contributed by atoms with Crippen molar-refractivity contribution in [2.24, 2.45) is 0 Å². The summed E-state index contributed by atoms with van der Waals surface area (Å²) in [6.07, 6.45) is -4.03. The first-order valence-corrected chi connectivity index (χ1v) is 7.35. The Balaban J connectivity index is 2.02. The summed E-state index contributed by atoms with van der Waals surface area (Å²) in [6, 6.07) is -0.447. The average molecular weight is 300 g/mol. The molecule has 8 heteroatoms. The molecule has 4 nitrogen and oxygen atoms in total. The molecular formula is C11H19F3N2O2S. The van der Waals surface area contributed by atoms with Gasteiger partial charge in [-0.15, -0.1) is 0 Å². The summed E-state index contributed by atoms with van der Waals surface area (Å²) in [5, 5.41) is 15.0. The predicted octanol–water partition coefficient (Wildman–Crippen LogP) is 1.89. The largest absolute Gasteiger partial charge is 0.389 e. The van der Waals surface area contributed by atoms with Gasteiger partial charge in [0.05, 0.1) is 5.60 Å². The van der Waals surface area contributed by atoms with E-state index in [9.17, 15) is 23.1 Å². The van der Waals surface area contributed by atoms with Crippen LogP contribution in [0.3, 0.4) is 0 Å². The minimum Gasteiger partial charge on any atom is -0.387 e. The number of thioether (sulfide) groups is 1.